The lowest BCUT2D eigenvalue weighted by molar-refractivity contribution is 0.0508. The van der Waals surface area contributed by atoms with Gasteiger partial charge in [0.25, 0.3) is 0 Å². The van der Waals surface area contributed by atoms with Crippen molar-refractivity contribution in [3.63, 3.8) is 0 Å². The van der Waals surface area contributed by atoms with Gasteiger partial charge in [-0.1, -0.05) is 74.5 Å². The Morgan fingerprint density at radius 2 is 1.59 bits per heavy atom. The van der Waals surface area contributed by atoms with Crippen molar-refractivity contribution in [3.05, 3.63) is 71.8 Å². The Hall–Kier alpha value is -2.41. The number of rotatable bonds is 11. The van der Waals surface area contributed by atoms with Crippen molar-refractivity contribution in [1.29, 1.82) is 0 Å². The molecule has 0 radical (unpaired) electrons. The lowest BCUT2D eigenvalue weighted by Gasteiger charge is -2.30. The van der Waals surface area contributed by atoms with Gasteiger partial charge < -0.3 is 15.2 Å². The lowest BCUT2D eigenvalue weighted by atomic mass is 10.0. The fourth-order valence-electron chi connectivity index (χ4n) is 3.12. The molecule has 0 bridgehead atoms. The van der Waals surface area contributed by atoms with Gasteiger partial charge in [0, 0.05) is 13.1 Å². The van der Waals surface area contributed by atoms with Crippen LogP contribution < -0.4 is 10.7 Å². The number of aliphatic hydroxyl groups excluding tert-OH is 1. The minimum Gasteiger partial charge on any atom is -0.445 e. The molecule has 29 heavy (non-hydrogen) atoms. The zero-order chi connectivity index (χ0) is 21.1. The minimum atomic E-state index is -0.759. The van der Waals surface area contributed by atoms with Crippen LogP contribution in [0.25, 0.3) is 0 Å². The fraction of sp³-hybridized carbons (Fsp3) is 0.435. The number of alkyl carbamates (subject to hydrolysis) is 1. The van der Waals surface area contributed by atoms with Crippen molar-refractivity contribution in [2.75, 3.05) is 20.1 Å². The first kappa shape index (κ1) is 22.9. The highest BCUT2D eigenvalue weighted by Crippen LogP contribution is 2.09. The van der Waals surface area contributed by atoms with Gasteiger partial charge in [0.05, 0.1) is 12.1 Å². The summed E-state index contributed by atoms with van der Waals surface area (Å²) < 4.78 is 5.35. The van der Waals surface area contributed by atoms with Gasteiger partial charge in [-0.3, -0.25) is 5.43 Å². The molecule has 158 valence electrons. The van der Waals surface area contributed by atoms with Crippen molar-refractivity contribution >= 4 is 6.09 Å². The van der Waals surface area contributed by atoms with E-state index < -0.39 is 18.2 Å². The minimum absolute atomic E-state index is 0.191. The molecule has 0 saturated carbocycles. The first-order valence-corrected chi connectivity index (χ1v) is 10.1. The molecule has 0 aliphatic rings. The summed E-state index contributed by atoms with van der Waals surface area (Å²) >= 11 is 0. The molecule has 0 unspecified atom stereocenters. The molecule has 0 heterocycles. The monoisotopic (exact) mass is 399 g/mol. The van der Waals surface area contributed by atoms with E-state index in [1.54, 1.807) is 0 Å². The van der Waals surface area contributed by atoms with Gasteiger partial charge in [0.15, 0.2) is 0 Å². The highest BCUT2D eigenvalue weighted by atomic mass is 16.5. The first-order chi connectivity index (χ1) is 14.0. The lowest BCUT2D eigenvalue weighted by Crippen LogP contribution is -2.52. The average molecular weight is 400 g/mol. The number of amides is 1. The summed E-state index contributed by atoms with van der Waals surface area (Å²) in [6, 6.07) is 18.9. The topological polar surface area (TPSA) is 73.8 Å². The van der Waals surface area contributed by atoms with Crippen LogP contribution in [-0.2, 0) is 17.8 Å². The van der Waals surface area contributed by atoms with Crippen molar-refractivity contribution in [3.8, 4) is 0 Å². The number of nitrogens with zero attached hydrogens (tertiary/aromatic N) is 1. The smallest absolute Gasteiger partial charge is 0.407 e. The number of ether oxygens (including phenoxy) is 1. The number of hydrazine groups is 1. The van der Waals surface area contributed by atoms with Crippen LogP contribution in [0.2, 0.25) is 0 Å². The molecule has 0 fully saturated rings. The van der Waals surface area contributed by atoms with Crippen molar-refractivity contribution in [1.82, 2.24) is 15.8 Å². The van der Waals surface area contributed by atoms with E-state index in [0.717, 1.165) is 17.7 Å². The van der Waals surface area contributed by atoms with Gasteiger partial charge in [-0.25, -0.2) is 9.80 Å². The average Bonchev–Trinajstić information content (AvgIpc) is 2.72. The molecule has 2 aromatic carbocycles. The Morgan fingerprint density at radius 1 is 1.00 bits per heavy atom. The van der Waals surface area contributed by atoms with Gasteiger partial charge in [0.1, 0.15) is 6.61 Å². The van der Waals surface area contributed by atoms with Crippen LogP contribution >= 0.6 is 0 Å². The molecule has 1 amide bonds. The molecule has 2 aromatic rings. The van der Waals surface area contributed by atoms with Crippen molar-refractivity contribution in [2.24, 2.45) is 5.92 Å². The molecule has 2 atom stereocenters. The van der Waals surface area contributed by atoms with E-state index in [1.165, 1.54) is 0 Å². The SMILES string of the molecule is CNN(CC(C)C)C[C@@H](O)[C@H](Cc1ccccc1)NC(=O)OCc1ccccc1. The van der Waals surface area contributed by atoms with E-state index in [4.69, 9.17) is 4.74 Å². The third-order valence-corrected chi connectivity index (χ3v) is 4.59. The van der Waals surface area contributed by atoms with E-state index in [2.05, 4.69) is 24.6 Å². The number of aliphatic hydroxyl groups is 1. The second-order valence-corrected chi connectivity index (χ2v) is 7.59. The molecule has 0 aromatic heterocycles. The van der Waals surface area contributed by atoms with Crippen LogP contribution in [0.5, 0.6) is 0 Å². The second-order valence-electron chi connectivity index (χ2n) is 7.59. The maximum absolute atomic E-state index is 12.4. The molecule has 3 N–H and O–H groups in total. The summed E-state index contributed by atoms with van der Waals surface area (Å²) in [5, 5.41) is 15.7. The third-order valence-electron chi connectivity index (χ3n) is 4.59. The number of benzene rings is 2. The Balaban J connectivity index is 2.00. The van der Waals surface area contributed by atoms with Crippen LogP contribution in [-0.4, -0.2) is 48.5 Å². The van der Waals surface area contributed by atoms with Crippen LogP contribution in [0.4, 0.5) is 4.79 Å². The van der Waals surface area contributed by atoms with Gasteiger partial charge in [-0.2, -0.15) is 0 Å². The predicted molar refractivity (Wildman–Crippen MR) is 115 cm³/mol. The predicted octanol–water partition coefficient (Wildman–Crippen LogP) is 2.98. The molecule has 6 heteroatoms. The maximum atomic E-state index is 12.4. The number of carbonyl (C=O) groups is 1. The Morgan fingerprint density at radius 3 is 2.14 bits per heavy atom. The molecule has 0 spiro atoms. The van der Waals surface area contributed by atoms with Crippen LogP contribution in [0, 0.1) is 5.92 Å². The molecular weight excluding hydrogens is 366 g/mol. The first-order valence-electron chi connectivity index (χ1n) is 10.1. The number of hydrogen-bond acceptors (Lipinski definition) is 5. The van der Waals surface area contributed by atoms with Crippen LogP contribution in [0.15, 0.2) is 60.7 Å². The van der Waals surface area contributed by atoms with Crippen molar-refractivity contribution < 1.29 is 14.6 Å². The van der Waals surface area contributed by atoms with Gasteiger partial charge in [-0.05, 0) is 30.5 Å². The van der Waals surface area contributed by atoms with E-state index in [-0.39, 0.29) is 6.61 Å². The van der Waals surface area contributed by atoms with Gasteiger partial charge in [-0.15, -0.1) is 0 Å². The van der Waals surface area contributed by atoms with E-state index in [0.29, 0.717) is 18.9 Å². The molecule has 2 rings (SSSR count). The molecule has 0 saturated heterocycles. The summed E-state index contributed by atoms with van der Waals surface area (Å²) in [6.45, 7) is 5.63. The Kier molecular flexibility index (Phi) is 9.64. The molecule has 6 nitrogen and oxygen atoms in total. The standard InChI is InChI=1S/C23H33N3O3/c1-18(2)15-26(24-3)16-22(27)21(14-19-10-6-4-7-11-19)25-23(28)29-17-20-12-8-5-9-13-20/h4-13,18,21-22,24,27H,14-17H2,1-3H3,(H,25,28)/t21-,22+/m0/s1. The third kappa shape index (κ3) is 8.64. The summed E-state index contributed by atoms with van der Waals surface area (Å²) in [4.78, 5) is 12.4. The Bertz CT molecular complexity index is 710. The van der Waals surface area contributed by atoms with E-state index in [9.17, 15) is 9.90 Å². The Labute approximate surface area is 173 Å². The summed E-state index contributed by atoms with van der Waals surface area (Å²) in [5.74, 6) is 0.450. The zero-order valence-electron chi connectivity index (χ0n) is 17.5. The number of nitrogens with one attached hydrogen (secondary N) is 2. The highest BCUT2D eigenvalue weighted by Gasteiger charge is 2.24. The van der Waals surface area contributed by atoms with E-state index >= 15 is 0 Å². The normalized spacial score (nSPS) is 13.3. The number of hydrogen-bond donors (Lipinski definition) is 3. The van der Waals surface area contributed by atoms with Crippen molar-refractivity contribution in [2.45, 2.75) is 39.0 Å². The molecular formula is C23H33N3O3. The zero-order valence-corrected chi connectivity index (χ0v) is 17.5. The van der Waals surface area contributed by atoms with Gasteiger partial charge >= 0.3 is 6.09 Å². The van der Waals surface area contributed by atoms with Gasteiger partial charge in [0.2, 0.25) is 0 Å². The van der Waals surface area contributed by atoms with Crippen LogP contribution in [0.3, 0.4) is 0 Å². The van der Waals surface area contributed by atoms with E-state index in [1.807, 2.05) is 72.7 Å². The second kappa shape index (κ2) is 12.2. The molecule has 0 aliphatic carbocycles. The summed E-state index contributed by atoms with van der Waals surface area (Å²) in [5.41, 5.74) is 5.07. The maximum Gasteiger partial charge on any atom is 0.407 e. The summed E-state index contributed by atoms with van der Waals surface area (Å²) in [6.07, 6.45) is -0.777. The van der Waals surface area contributed by atoms with Crippen LogP contribution in [0.1, 0.15) is 25.0 Å². The summed E-state index contributed by atoms with van der Waals surface area (Å²) in [7, 11) is 1.84. The molecule has 0 aliphatic heterocycles. The fourth-order valence-corrected chi connectivity index (χ4v) is 3.12. The quantitative estimate of drug-likeness (QED) is 0.507. The largest absolute Gasteiger partial charge is 0.445 e. The number of carbonyl (C=O) groups excluding carboxylic acids is 1. The highest BCUT2D eigenvalue weighted by molar-refractivity contribution is 5.67.